The van der Waals surface area contributed by atoms with E-state index in [0.717, 1.165) is 18.7 Å². The minimum atomic E-state index is -0.0690. The van der Waals surface area contributed by atoms with Gasteiger partial charge in [0.2, 0.25) is 5.88 Å². The molecule has 0 radical (unpaired) electrons. The van der Waals surface area contributed by atoms with Crippen LogP contribution in [0.2, 0.25) is 0 Å². The average Bonchev–Trinajstić information content (AvgIpc) is 3.00. The molecule has 0 spiro atoms. The van der Waals surface area contributed by atoms with Crippen molar-refractivity contribution in [3.63, 3.8) is 0 Å². The first-order valence-corrected chi connectivity index (χ1v) is 6.86. The van der Waals surface area contributed by atoms with Crippen LogP contribution in [0.15, 0.2) is 36.5 Å². The number of ether oxygens (including phenoxy) is 1. The molecule has 2 aromatic rings. The van der Waals surface area contributed by atoms with E-state index in [-0.39, 0.29) is 5.91 Å². The van der Waals surface area contributed by atoms with Gasteiger partial charge in [-0.25, -0.2) is 4.98 Å². The third-order valence-electron chi connectivity index (χ3n) is 3.56. The Labute approximate surface area is 123 Å². The molecule has 0 bridgehead atoms. The maximum absolute atomic E-state index is 12.2. The van der Waals surface area contributed by atoms with Crippen LogP contribution in [0.3, 0.4) is 0 Å². The van der Waals surface area contributed by atoms with Gasteiger partial charge in [0.05, 0.1) is 7.11 Å². The van der Waals surface area contributed by atoms with Crippen molar-refractivity contribution in [1.29, 1.82) is 0 Å². The highest BCUT2D eigenvalue weighted by molar-refractivity contribution is 5.94. The van der Waals surface area contributed by atoms with E-state index in [2.05, 4.69) is 15.6 Å². The Morgan fingerprint density at radius 3 is 2.90 bits per heavy atom. The van der Waals surface area contributed by atoms with Crippen LogP contribution in [-0.4, -0.2) is 18.0 Å². The van der Waals surface area contributed by atoms with Crippen LogP contribution in [0, 0.1) is 0 Å². The maximum atomic E-state index is 12.2. The largest absolute Gasteiger partial charge is 0.481 e. The number of benzene rings is 1. The molecule has 5 heteroatoms. The molecule has 108 valence electrons. The lowest BCUT2D eigenvalue weighted by Crippen LogP contribution is -2.23. The number of rotatable bonds is 4. The third-order valence-corrected chi connectivity index (χ3v) is 3.56. The number of carbonyl (C=O) groups is 1. The van der Waals surface area contributed by atoms with Crippen LogP contribution >= 0.6 is 0 Å². The lowest BCUT2D eigenvalue weighted by molar-refractivity contribution is 0.0951. The summed E-state index contributed by atoms with van der Waals surface area (Å²) >= 11 is 0. The lowest BCUT2D eigenvalue weighted by atomic mass is 10.1. The van der Waals surface area contributed by atoms with Crippen molar-refractivity contribution >= 4 is 5.91 Å². The van der Waals surface area contributed by atoms with Crippen molar-refractivity contribution < 1.29 is 9.53 Å². The van der Waals surface area contributed by atoms with Gasteiger partial charge in [-0.05, 0) is 28.8 Å². The SMILES string of the molecule is COc1ccc(CNC(=O)c2ccc3c(c2)CNC3)cn1. The molecule has 0 atom stereocenters. The summed E-state index contributed by atoms with van der Waals surface area (Å²) in [6, 6.07) is 9.50. The molecular formula is C16H17N3O2. The van der Waals surface area contributed by atoms with Crippen LogP contribution in [0.5, 0.6) is 5.88 Å². The molecule has 0 aliphatic carbocycles. The van der Waals surface area contributed by atoms with E-state index < -0.39 is 0 Å². The predicted molar refractivity (Wildman–Crippen MR) is 78.9 cm³/mol. The Morgan fingerprint density at radius 1 is 1.29 bits per heavy atom. The van der Waals surface area contributed by atoms with Gasteiger partial charge < -0.3 is 15.4 Å². The van der Waals surface area contributed by atoms with Crippen LogP contribution in [0.25, 0.3) is 0 Å². The summed E-state index contributed by atoms with van der Waals surface area (Å²) in [5.74, 6) is 0.497. The highest BCUT2D eigenvalue weighted by Gasteiger charge is 2.13. The number of carbonyl (C=O) groups excluding carboxylic acids is 1. The van der Waals surface area contributed by atoms with E-state index in [1.807, 2.05) is 24.3 Å². The van der Waals surface area contributed by atoms with Gasteiger partial charge in [-0.2, -0.15) is 0 Å². The smallest absolute Gasteiger partial charge is 0.251 e. The molecule has 0 fully saturated rings. The van der Waals surface area contributed by atoms with E-state index in [9.17, 15) is 4.79 Å². The molecule has 1 amide bonds. The lowest BCUT2D eigenvalue weighted by Gasteiger charge is -2.07. The van der Waals surface area contributed by atoms with Crippen molar-refractivity contribution in [3.8, 4) is 5.88 Å². The maximum Gasteiger partial charge on any atom is 0.251 e. The van der Waals surface area contributed by atoms with E-state index in [1.165, 1.54) is 11.1 Å². The first-order valence-electron chi connectivity index (χ1n) is 6.86. The minimum absolute atomic E-state index is 0.0690. The topological polar surface area (TPSA) is 63.2 Å². The zero-order valence-corrected chi connectivity index (χ0v) is 11.8. The van der Waals surface area contributed by atoms with Crippen LogP contribution in [-0.2, 0) is 19.6 Å². The number of nitrogens with zero attached hydrogens (tertiary/aromatic N) is 1. The molecule has 2 N–H and O–H groups in total. The number of methoxy groups -OCH3 is 1. The predicted octanol–water partition coefficient (Wildman–Crippen LogP) is 1.62. The van der Waals surface area contributed by atoms with E-state index in [0.29, 0.717) is 18.0 Å². The highest BCUT2D eigenvalue weighted by atomic mass is 16.5. The zero-order valence-electron chi connectivity index (χ0n) is 11.8. The van der Waals surface area contributed by atoms with Crippen LogP contribution < -0.4 is 15.4 Å². The van der Waals surface area contributed by atoms with Crippen molar-refractivity contribution in [2.75, 3.05) is 7.11 Å². The van der Waals surface area contributed by atoms with Crippen LogP contribution in [0.4, 0.5) is 0 Å². The Bertz CT molecular complexity index is 653. The molecule has 2 heterocycles. The van der Waals surface area contributed by atoms with Gasteiger partial charge in [-0.3, -0.25) is 4.79 Å². The third kappa shape index (κ3) is 3.03. The monoisotopic (exact) mass is 283 g/mol. The molecule has 0 saturated carbocycles. The molecule has 0 saturated heterocycles. The fraction of sp³-hybridized carbons (Fsp3) is 0.250. The summed E-state index contributed by atoms with van der Waals surface area (Å²) in [5.41, 5.74) is 4.10. The van der Waals surface area contributed by atoms with Gasteiger partial charge in [0, 0.05) is 37.5 Å². The standard InChI is InChI=1S/C16H17N3O2/c1-21-15-5-2-11(7-18-15)8-19-16(20)12-3-4-13-9-17-10-14(13)6-12/h2-7,17H,8-10H2,1H3,(H,19,20). The van der Waals surface area contributed by atoms with Crippen LogP contribution in [0.1, 0.15) is 27.0 Å². The fourth-order valence-corrected chi connectivity index (χ4v) is 2.36. The number of pyridine rings is 1. The summed E-state index contributed by atoms with van der Waals surface area (Å²) in [6.07, 6.45) is 1.70. The summed E-state index contributed by atoms with van der Waals surface area (Å²) in [7, 11) is 1.58. The molecule has 3 rings (SSSR count). The van der Waals surface area contributed by atoms with E-state index in [4.69, 9.17) is 4.74 Å². The zero-order chi connectivity index (χ0) is 14.7. The Balaban J connectivity index is 1.63. The van der Waals surface area contributed by atoms with Gasteiger partial charge >= 0.3 is 0 Å². The number of nitrogens with one attached hydrogen (secondary N) is 2. The molecule has 0 unspecified atom stereocenters. The second-order valence-electron chi connectivity index (χ2n) is 4.98. The quantitative estimate of drug-likeness (QED) is 0.895. The Kier molecular flexibility index (Phi) is 3.83. The number of amides is 1. The summed E-state index contributed by atoms with van der Waals surface area (Å²) in [4.78, 5) is 16.3. The first-order chi connectivity index (χ1) is 10.3. The molecule has 1 aromatic carbocycles. The Hall–Kier alpha value is -2.40. The minimum Gasteiger partial charge on any atom is -0.481 e. The van der Waals surface area contributed by atoms with Gasteiger partial charge in [0.25, 0.3) is 5.91 Å². The first kappa shape index (κ1) is 13.6. The number of hydrogen-bond donors (Lipinski definition) is 2. The van der Waals surface area contributed by atoms with Crippen molar-refractivity contribution in [3.05, 3.63) is 58.8 Å². The molecule has 1 aliphatic rings. The Morgan fingerprint density at radius 2 is 2.14 bits per heavy atom. The van der Waals surface area contributed by atoms with Crippen molar-refractivity contribution in [2.24, 2.45) is 0 Å². The second-order valence-corrected chi connectivity index (χ2v) is 4.98. The molecule has 1 aromatic heterocycles. The van der Waals surface area contributed by atoms with Crippen molar-refractivity contribution in [1.82, 2.24) is 15.6 Å². The van der Waals surface area contributed by atoms with Gasteiger partial charge in [0.1, 0.15) is 0 Å². The second kappa shape index (κ2) is 5.93. The van der Waals surface area contributed by atoms with Gasteiger partial charge in [-0.15, -0.1) is 0 Å². The van der Waals surface area contributed by atoms with Crippen molar-refractivity contribution in [2.45, 2.75) is 19.6 Å². The van der Waals surface area contributed by atoms with E-state index in [1.54, 1.807) is 19.4 Å². The number of fused-ring (bicyclic) bond motifs is 1. The molecule has 1 aliphatic heterocycles. The summed E-state index contributed by atoms with van der Waals surface area (Å²) in [6.45, 7) is 2.17. The average molecular weight is 283 g/mol. The normalized spacial score (nSPS) is 12.8. The molecular weight excluding hydrogens is 266 g/mol. The van der Waals surface area contributed by atoms with E-state index >= 15 is 0 Å². The summed E-state index contributed by atoms with van der Waals surface area (Å²) < 4.78 is 5.00. The highest BCUT2D eigenvalue weighted by Crippen LogP contribution is 2.17. The molecule has 21 heavy (non-hydrogen) atoms. The number of hydrogen-bond acceptors (Lipinski definition) is 4. The summed E-state index contributed by atoms with van der Waals surface area (Å²) in [5, 5.41) is 6.17. The number of aromatic nitrogens is 1. The molecule has 5 nitrogen and oxygen atoms in total. The fourth-order valence-electron chi connectivity index (χ4n) is 2.36. The van der Waals surface area contributed by atoms with Gasteiger partial charge in [-0.1, -0.05) is 12.1 Å². The van der Waals surface area contributed by atoms with Gasteiger partial charge in [0.15, 0.2) is 0 Å².